The molecule has 2 heterocycles. The van der Waals surface area contributed by atoms with Crippen LogP contribution in [0, 0.1) is 5.92 Å². The van der Waals surface area contributed by atoms with Gasteiger partial charge in [-0.05, 0) is 56.5 Å². The van der Waals surface area contributed by atoms with E-state index in [2.05, 4.69) is 56.7 Å². The number of carboxylic acid groups (broad SMARTS) is 1. The van der Waals surface area contributed by atoms with E-state index < -0.39 is 49.8 Å². The van der Waals surface area contributed by atoms with E-state index in [0.29, 0.717) is 11.3 Å². The van der Waals surface area contributed by atoms with Crippen LogP contribution in [0.25, 0.3) is 0 Å². The molecule has 0 aliphatic carbocycles. The van der Waals surface area contributed by atoms with E-state index in [1.807, 2.05) is 36.4 Å². The summed E-state index contributed by atoms with van der Waals surface area (Å²) in [5, 5.41) is 16.1. The first-order valence-electron chi connectivity index (χ1n) is 16.9. The molecule has 1 aromatic heterocycles. The Morgan fingerprint density at radius 3 is 2.02 bits per heavy atom. The lowest BCUT2D eigenvalue weighted by Gasteiger charge is -2.43. The summed E-state index contributed by atoms with van der Waals surface area (Å²) in [6.45, 7) is 19.1. The number of Topliss-reactive ketones (excluding diaryl/α,β-unsaturated/α-hetero) is 1. The molecule has 1 aliphatic rings. The van der Waals surface area contributed by atoms with Crippen LogP contribution in [0.15, 0.2) is 72.8 Å². The molecule has 50 heavy (non-hydrogen) atoms. The highest BCUT2D eigenvalue weighted by atomic mass is 28.4. The molecule has 1 N–H and O–H groups in total. The number of fused-ring (bicyclic) bond motifs is 1. The molecule has 2 aromatic carbocycles. The second kappa shape index (κ2) is 15.1. The molecule has 2 atom stereocenters. The molecular formula is C38H49N3O8Si. The Bertz CT molecular complexity index is 1680. The summed E-state index contributed by atoms with van der Waals surface area (Å²) in [4.78, 5) is 54.4. The molecule has 11 nitrogen and oxygen atoms in total. The Labute approximate surface area is 295 Å². The van der Waals surface area contributed by atoms with Crippen molar-refractivity contribution in [3.8, 4) is 0 Å². The largest absolute Gasteiger partial charge is 0.465 e. The lowest BCUT2D eigenvalue weighted by Crippen LogP contribution is -2.66. The van der Waals surface area contributed by atoms with Gasteiger partial charge in [0.05, 0.1) is 25.5 Å². The molecule has 0 radical (unpaired) electrons. The van der Waals surface area contributed by atoms with E-state index in [4.69, 9.17) is 13.9 Å². The predicted molar refractivity (Wildman–Crippen MR) is 192 cm³/mol. The summed E-state index contributed by atoms with van der Waals surface area (Å²) >= 11 is 0. The minimum atomic E-state index is -2.96. The van der Waals surface area contributed by atoms with Gasteiger partial charge in [-0.1, -0.05) is 93.6 Å². The smallest absolute Gasteiger partial charge is 0.435 e. The molecule has 0 saturated carbocycles. The highest BCUT2D eigenvalue weighted by Gasteiger charge is 2.50. The van der Waals surface area contributed by atoms with Crippen LogP contribution < -0.4 is 10.4 Å². The Hall–Kier alpha value is -4.55. The quantitative estimate of drug-likeness (QED) is 0.0841. The van der Waals surface area contributed by atoms with E-state index in [9.17, 15) is 24.3 Å². The third kappa shape index (κ3) is 8.08. The Morgan fingerprint density at radius 1 is 0.980 bits per heavy atom. The average Bonchev–Trinajstić information content (AvgIpc) is 3.41. The van der Waals surface area contributed by atoms with Crippen LogP contribution in [0.2, 0.25) is 5.04 Å². The summed E-state index contributed by atoms with van der Waals surface area (Å²) in [6, 6.07) is 19.7. The van der Waals surface area contributed by atoms with Gasteiger partial charge in [0.15, 0.2) is 5.78 Å². The third-order valence-electron chi connectivity index (χ3n) is 8.77. The van der Waals surface area contributed by atoms with E-state index in [1.165, 1.54) is 4.90 Å². The first-order valence-corrected chi connectivity index (χ1v) is 18.8. The topological polar surface area (TPSA) is 137 Å². The number of amides is 1. The molecule has 4 rings (SSSR count). The molecule has 0 bridgehead atoms. The molecule has 2 unspecified atom stereocenters. The minimum Gasteiger partial charge on any atom is -0.465 e. The lowest BCUT2D eigenvalue weighted by atomic mass is 9.90. The van der Waals surface area contributed by atoms with Crippen molar-refractivity contribution >= 4 is 42.6 Å². The van der Waals surface area contributed by atoms with Crippen LogP contribution in [0.3, 0.4) is 0 Å². The van der Waals surface area contributed by atoms with Crippen molar-refractivity contribution in [1.29, 1.82) is 0 Å². The van der Waals surface area contributed by atoms with Crippen molar-refractivity contribution in [1.82, 2.24) is 14.7 Å². The third-order valence-corrected chi connectivity index (χ3v) is 13.8. The molecule has 3 aromatic rings. The van der Waals surface area contributed by atoms with Crippen molar-refractivity contribution in [3.05, 3.63) is 89.8 Å². The Kier molecular flexibility index (Phi) is 11.6. The summed E-state index contributed by atoms with van der Waals surface area (Å²) in [6.07, 6.45) is -1.98. The zero-order valence-electron chi connectivity index (χ0n) is 30.3. The number of carbonyl (C=O) groups is 4. The number of hydrogen-bond donors (Lipinski definition) is 1. The number of carbonyl (C=O) groups excluding carboxylic acids is 3. The van der Waals surface area contributed by atoms with Crippen LogP contribution in [-0.2, 0) is 31.7 Å². The standard InChI is InChI=1S/C38H49N3O8Si/c1-10-47-34(43)29(21-25(2)24-48-50(38(7,8)9,27-17-13-11-14-18-27)28-19-15-12-16-20-28)33(42)32-30-23-40(35(44)45)26(3)22-31(30)41(39-32)36(46)49-37(4,5)6/h11-20,26,29H,2,10,21-24H2,1,3-9H3,(H,44,45). The molecule has 268 valence electrons. The fourth-order valence-electron chi connectivity index (χ4n) is 6.50. The zero-order valence-corrected chi connectivity index (χ0v) is 31.3. The number of ether oxygens (including phenoxy) is 2. The van der Waals surface area contributed by atoms with Gasteiger partial charge in [0, 0.05) is 18.0 Å². The van der Waals surface area contributed by atoms with Crippen molar-refractivity contribution < 1.29 is 38.2 Å². The first kappa shape index (κ1) is 38.3. The van der Waals surface area contributed by atoms with E-state index in [0.717, 1.165) is 15.1 Å². The number of esters is 1. The molecule has 0 saturated heterocycles. The monoisotopic (exact) mass is 703 g/mol. The van der Waals surface area contributed by atoms with E-state index >= 15 is 0 Å². The Balaban J connectivity index is 1.72. The van der Waals surface area contributed by atoms with Gasteiger partial charge in [-0.3, -0.25) is 9.59 Å². The predicted octanol–water partition coefficient (Wildman–Crippen LogP) is 5.98. The van der Waals surface area contributed by atoms with Gasteiger partial charge >= 0.3 is 18.2 Å². The number of nitrogens with zero attached hydrogens (tertiary/aromatic N) is 3. The number of rotatable bonds is 11. The van der Waals surface area contributed by atoms with Gasteiger partial charge in [0.1, 0.15) is 17.2 Å². The van der Waals surface area contributed by atoms with Crippen LogP contribution >= 0.6 is 0 Å². The zero-order chi connectivity index (χ0) is 37.0. The molecule has 1 amide bonds. The maximum atomic E-state index is 14.4. The molecular weight excluding hydrogens is 655 g/mol. The van der Waals surface area contributed by atoms with E-state index in [1.54, 1.807) is 34.6 Å². The number of benzene rings is 2. The van der Waals surface area contributed by atoms with Crippen molar-refractivity contribution in [2.75, 3.05) is 13.2 Å². The van der Waals surface area contributed by atoms with Crippen LogP contribution in [0.4, 0.5) is 9.59 Å². The van der Waals surface area contributed by atoms with Gasteiger partial charge in [-0.2, -0.15) is 9.78 Å². The minimum absolute atomic E-state index is 0.0302. The Morgan fingerprint density at radius 2 is 1.54 bits per heavy atom. The molecule has 1 aliphatic heterocycles. The fraction of sp³-hybridized carbons (Fsp3) is 0.447. The molecule has 0 spiro atoms. The van der Waals surface area contributed by atoms with Gasteiger partial charge in [-0.25, -0.2) is 9.59 Å². The number of hydrogen-bond acceptors (Lipinski definition) is 8. The van der Waals surface area contributed by atoms with Gasteiger partial charge in [-0.15, -0.1) is 0 Å². The number of ketones is 1. The maximum absolute atomic E-state index is 14.4. The average molecular weight is 704 g/mol. The summed E-state index contributed by atoms with van der Waals surface area (Å²) in [7, 11) is -2.96. The van der Waals surface area contributed by atoms with Crippen LogP contribution in [-0.4, -0.2) is 76.9 Å². The summed E-state index contributed by atoms with van der Waals surface area (Å²) in [5.41, 5.74) is 0.0753. The SMILES string of the molecule is C=C(CO[Si](c1ccccc1)(c1ccccc1)C(C)(C)C)CC(C(=O)OCC)C(=O)c1nn(C(=O)OC(C)(C)C)c2c1CN(C(=O)O)C(C)C2. The number of aromatic nitrogens is 2. The van der Waals surface area contributed by atoms with Gasteiger partial charge < -0.3 is 23.9 Å². The van der Waals surface area contributed by atoms with Crippen molar-refractivity contribution in [3.63, 3.8) is 0 Å². The highest BCUT2D eigenvalue weighted by Crippen LogP contribution is 2.37. The van der Waals surface area contributed by atoms with Crippen molar-refractivity contribution in [2.45, 2.75) is 91.5 Å². The summed E-state index contributed by atoms with van der Waals surface area (Å²) < 4.78 is 19.0. The van der Waals surface area contributed by atoms with E-state index in [-0.39, 0.29) is 48.9 Å². The summed E-state index contributed by atoms with van der Waals surface area (Å²) in [5.74, 6) is -2.84. The van der Waals surface area contributed by atoms with Crippen molar-refractivity contribution in [2.24, 2.45) is 5.92 Å². The van der Waals surface area contributed by atoms with Crippen LogP contribution in [0.1, 0.15) is 83.6 Å². The highest BCUT2D eigenvalue weighted by molar-refractivity contribution is 6.99. The van der Waals surface area contributed by atoms with Gasteiger partial charge in [0.25, 0.3) is 8.32 Å². The fourth-order valence-corrected chi connectivity index (χ4v) is 11.1. The molecule has 0 fully saturated rings. The maximum Gasteiger partial charge on any atom is 0.435 e. The van der Waals surface area contributed by atoms with Gasteiger partial charge in [0.2, 0.25) is 0 Å². The first-order chi connectivity index (χ1) is 23.4. The van der Waals surface area contributed by atoms with Crippen LogP contribution in [0.5, 0.6) is 0 Å². The molecule has 12 heteroatoms. The lowest BCUT2D eigenvalue weighted by molar-refractivity contribution is -0.146. The normalized spacial score (nSPS) is 15.5. The second-order valence-electron chi connectivity index (χ2n) is 14.7. The second-order valence-corrected chi connectivity index (χ2v) is 19.0.